The zero-order valence-electron chi connectivity index (χ0n) is 12.9. The number of hydrogen-bond donors (Lipinski definition) is 1. The van der Waals surface area contributed by atoms with Gasteiger partial charge < -0.3 is 5.11 Å². The summed E-state index contributed by atoms with van der Waals surface area (Å²) in [4.78, 5) is 30.1. The van der Waals surface area contributed by atoms with Gasteiger partial charge in [-0.1, -0.05) is 28.8 Å². The van der Waals surface area contributed by atoms with Crippen molar-refractivity contribution in [2.45, 2.75) is 54.2 Å². The van der Waals surface area contributed by atoms with Gasteiger partial charge in [-0.15, -0.1) is 40.3 Å². The van der Waals surface area contributed by atoms with E-state index >= 15 is 0 Å². The third-order valence-corrected chi connectivity index (χ3v) is 6.54. The van der Waals surface area contributed by atoms with Gasteiger partial charge in [-0.25, -0.2) is 4.79 Å². The van der Waals surface area contributed by atoms with Crippen molar-refractivity contribution in [1.29, 1.82) is 0 Å². The summed E-state index contributed by atoms with van der Waals surface area (Å²) < 4.78 is -0.581. The Morgan fingerprint density at radius 3 is 2.50 bits per heavy atom. The number of nitrogens with zero attached hydrogens (tertiary/aromatic N) is 2. The van der Waals surface area contributed by atoms with E-state index in [1.54, 1.807) is 0 Å². The van der Waals surface area contributed by atoms with E-state index in [4.69, 9.17) is 11.6 Å². The molecule has 134 valence electrons. The Kier molecular flexibility index (Phi) is 7.22. The molecule has 1 saturated carbocycles. The molecule has 1 N–H and O–H groups in total. The van der Waals surface area contributed by atoms with E-state index in [1.807, 2.05) is 0 Å². The summed E-state index contributed by atoms with van der Waals surface area (Å²) in [6.07, 6.45) is 6.62. The number of alkyl halides is 2. The molecule has 5 nitrogen and oxygen atoms in total. The summed E-state index contributed by atoms with van der Waals surface area (Å²) in [5, 5.41) is 9.25. The minimum atomic E-state index is -1.11. The molecule has 1 aliphatic carbocycles. The van der Waals surface area contributed by atoms with Crippen molar-refractivity contribution < 1.29 is 14.7 Å². The molecule has 24 heavy (non-hydrogen) atoms. The maximum Gasteiger partial charge on any atom is 0.352 e. The van der Waals surface area contributed by atoms with Crippen LogP contribution in [0.15, 0.2) is 16.3 Å². The monoisotopic (exact) mass is 500 g/mol. The van der Waals surface area contributed by atoms with Crippen LogP contribution in [-0.2, 0) is 9.59 Å². The second-order valence-electron chi connectivity index (χ2n) is 5.94. The van der Waals surface area contributed by atoms with E-state index in [1.165, 1.54) is 29.5 Å². The van der Waals surface area contributed by atoms with Crippen molar-refractivity contribution in [2.24, 2.45) is 4.99 Å². The zero-order valence-corrected chi connectivity index (χ0v) is 17.8. The summed E-state index contributed by atoms with van der Waals surface area (Å²) in [6, 6.07) is -0.437. The van der Waals surface area contributed by atoms with Crippen molar-refractivity contribution in [3.8, 4) is 0 Å². The van der Waals surface area contributed by atoms with E-state index in [9.17, 15) is 14.7 Å². The molecule has 0 bridgehead atoms. The first-order chi connectivity index (χ1) is 11.0. The molecule has 1 amide bonds. The van der Waals surface area contributed by atoms with Crippen molar-refractivity contribution in [1.82, 2.24) is 4.90 Å². The van der Waals surface area contributed by atoms with E-state index in [2.05, 4.69) is 20.9 Å². The maximum absolute atomic E-state index is 12.5. The van der Waals surface area contributed by atoms with Gasteiger partial charge in [0.25, 0.3) is 5.91 Å². The van der Waals surface area contributed by atoms with Crippen LogP contribution in [0.5, 0.6) is 0 Å². The molecule has 0 radical (unpaired) electrons. The quantitative estimate of drug-likeness (QED) is 0.361. The molecule has 2 aliphatic heterocycles. The van der Waals surface area contributed by atoms with Crippen molar-refractivity contribution in [3.63, 3.8) is 0 Å². The minimum absolute atomic E-state index is 0. The topological polar surface area (TPSA) is 70.0 Å². The molecule has 3 atom stereocenters. The summed E-state index contributed by atoms with van der Waals surface area (Å²) in [5.74, 6) is -0.834. The smallest absolute Gasteiger partial charge is 0.352 e. The Bertz CT molecular complexity index is 587. The number of amides is 1. The zero-order chi connectivity index (χ0) is 16.6. The number of aliphatic carboxylic acids is 1. The first-order valence-corrected chi connectivity index (χ1v) is 10.2. The number of carbonyl (C=O) groups excluding carboxylic acids is 1. The summed E-state index contributed by atoms with van der Waals surface area (Å²) in [5.41, 5.74) is 1.67. The highest BCUT2D eigenvalue weighted by atomic mass is 79.9. The fraction of sp³-hybridized carbons (Fsp3) is 0.667. The summed E-state index contributed by atoms with van der Waals surface area (Å²) >= 11 is 10.8. The molecule has 3 rings (SSSR count). The Hall–Kier alpha value is -0.0500. The number of rotatable bonds is 3. The van der Waals surface area contributed by atoms with Gasteiger partial charge in [-0.3, -0.25) is 14.7 Å². The first kappa shape index (κ1) is 20.3. The van der Waals surface area contributed by atoms with Crippen LogP contribution in [0.4, 0.5) is 0 Å². The van der Waals surface area contributed by atoms with Crippen LogP contribution in [-0.4, -0.2) is 49.0 Å². The van der Waals surface area contributed by atoms with Gasteiger partial charge in [0.05, 0.1) is 0 Å². The molecule has 0 aromatic carbocycles. The fourth-order valence-electron chi connectivity index (χ4n) is 3.24. The lowest BCUT2D eigenvalue weighted by Crippen LogP contribution is -2.64. The normalized spacial score (nSPS) is 28.3. The fourth-order valence-corrected chi connectivity index (χ4v) is 5.48. The largest absolute Gasteiger partial charge is 0.477 e. The van der Waals surface area contributed by atoms with Gasteiger partial charge in [0.1, 0.15) is 15.4 Å². The van der Waals surface area contributed by atoms with Crippen molar-refractivity contribution >= 4 is 73.9 Å². The lowest BCUT2D eigenvalue weighted by molar-refractivity contribution is -0.147. The van der Waals surface area contributed by atoms with Crippen LogP contribution < -0.4 is 0 Å². The van der Waals surface area contributed by atoms with Crippen LogP contribution in [0.2, 0.25) is 0 Å². The molecular formula is C15H19Br2ClN2O3S. The molecule has 0 spiro atoms. The standard InChI is InChI=1S/C15H18BrClN2O3S.BrH/c16-12(17)9-7-23-14-10(13(20)19(14)11(9)15(21)22)18-8-5-3-1-2-4-6-8;/h10,12,14H,1-7H2,(H,21,22);1H/t10-,12?,14+;/m1./s1. The van der Waals surface area contributed by atoms with Gasteiger partial charge >= 0.3 is 5.97 Å². The van der Waals surface area contributed by atoms with Crippen molar-refractivity contribution in [2.75, 3.05) is 5.75 Å². The van der Waals surface area contributed by atoms with Gasteiger partial charge in [0.15, 0.2) is 6.04 Å². The second kappa shape index (κ2) is 8.56. The second-order valence-corrected chi connectivity index (χ2v) is 8.93. The van der Waals surface area contributed by atoms with Gasteiger partial charge in [-0.2, -0.15) is 0 Å². The van der Waals surface area contributed by atoms with E-state index in [0.717, 1.165) is 31.4 Å². The van der Waals surface area contributed by atoms with Crippen LogP contribution >= 0.6 is 56.3 Å². The molecular weight excluding hydrogens is 484 g/mol. The Labute approximate surface area is 169 Å². The Morgan fingerprint density at radius 1 is 1.33 bits per heavy atom. The molecule has 3 aliphatic rings. The number of aliphatic imine (C=N–C) groups is 1. The van der Waals surface area contributed by atoms with E-state index in [-0.39, 0.29) is 34.0 Å². The van der Waals surface area contributed by atoms with Crippen LogP contribution in [0.1, 0.15) is 38.5 Å². The molecule has 0 aromatic rings. The lowest BCUT2D eigenvalue weighted by Gasteiger charge is -2.48. The highest BCUT2D eigenvalue weighted by molar-refractivity contribution is 9.10. The highest BCUT2D eigenvalue weighted by Crippen LogP contribution is 2.44. The Morgan fingerprint density at radius 2 is 1.96 bits per heavy atom. The first-order valence-electron chi connectivity index (χ1n) is 7.75. The third kappa shape index (κ3) is 3.86. The maximum atomic E-state index is 12.5. The van der Waals surface area contributed by atoms with Crippen LogP contribution in [0.25, 0.3) is 0 Å². The van der Waals surface area contributed by atoms with Crippen molar-refractivity contribution in [3.05, 3.63) is 11.3 Å². The SMILES string of the molecule is Br.O=C(O)C1=C(C(Cl)Br)CS[C@H]2[C@H](N=C3CCCCCC3)C(=O)N12. The van der Waals surface area contributed by atoms with Crippen LogP contribution in [0.3, 0.4) is 0 Å². The number of hydrogen-bond acceptors (Lipinski definition) is 4. The molecule has 1 unspecified atom stereocenters. The molecule has 2 fully saturated rings. The molecule has 0 aromatic heterocycles. The van der Waals surface area contributed by atoms with Gasteiger partial charge in [0, 0.05) is 11.5 Å². The average molecular weight is 503 g/mol. The predicted molar refractivity (Wildman–Crippen MR) is 106 cm³/mol. The lowest BCUT2D eigenvalue weighted by atomic mass is 10.0. The number of β-lactam (4-membered cyclic amide) rings is 1. The summed E-state index contributed by atoms with van der Waals surface area (Å²) in [7, 11) is 0. The van der Waals surface area contributed by atoms with E-state index in [0.29, 0.717) is 11.3 Å². The van der Waals surface area contributed by atoms with Gasteiger partial charge in [-0.05, 0) is 31.3 Å². The summed E-state index contributed by atoms with van der Waals surface area (Å²) in [6.45, 7) is 0. The third-order valence-electron chi connectivity index (χ3n) is 4.44. The number of fused-ring (bicyclic) bond motifs is 1. The average Bonchev–Trinajstić information content (AvgIpc) is 2.79. The number of carbonyl (C=O) groups is 2. The molecule has 1 saturated heterocycles. The molecule has 2 heterocycles. The number of carboxylic acid groups (broad SMARTS) is 1. The van der Waals surface area contributed by atoms with E-state index < -0.39 is 16.3 Å². The Balaban J connectivity index is 0.00000208. The highest BCUT2D eigenvalue weighted by Gasteiger charge is 2.54. The number of halogens is 3. The number of thioether (sulfide) groups is 1. The number of carboxylic acids is 1. The van der Waals surface area contributed by atoms with Gasteiger partial charge in [0.2, 0.25) is 0 Å². The predicted octanol–water partition coefficient (Wildman–Crippen LogP) is 3.94. The minimum Gasteiger partial charge on any atom is -0.477 e. The molecule has 9 heteroatoms. The van der Waals surface area contributed by atoms with Crippen LogP contribution in [0, 0.1) is 0 Å².